The number of anilines is 1. The standard InChI is InChI=1S/C23H32N4O3S/c1-16-17(2)27(19-10-6-5-7-11-19)23(24-16)31-15-22(29)26(3)14-21(28)25-18-9-8-12-20(13-18)30-4/h8-9,12-13,19H,5-7,10-11,14-15H2,1-4H3,(H,25,28). The van der Waals surface area contributed by atoms with Crippen LogP contribution in [0.15, 0.2) is 29.4 Å². The Labute approximate surface area is 188 Å². The number of carbonyl (C=O) groups is 2. The van der Waals surface area contributed by atoms with Crippen LogP contribution in [-0.4, -0.2) is 52.7 Å². The number of rotatable bonds is 8. The van der Waals surface area contributed by atoms with Crippen molar-refractivity contribution in [3.63, 3.8) is 0 Å². The molecule has 0 spiro atoms. The van der Waals surface area contributed by atoms with E-state index < -0.39 is 0 Å². The van der Waals surface area contributed by atoms with Crippen LogP contribution in [0.1, 0.15) is 49.5 Å². The summed E-state index contributed by atoms with van der Waals surface area (Å²) in [7, 11) is 3.23. The molecule has 0 saturated heterocycles. The third-order valence-corrected chi connectivity index (χ3v) is 6.72. The SMILES string of the molecule is COc1cccc(NC(=O)CN(C)C(=O)CSc2nc(C)c(C)n2C2CCCCC2)c1. The van der Waals surface area contributed by atoms with E-state index >= 15 is 0 Å². The molecule has 1 N–H and O–H groups in total. The third kappa shape index (κ3) is 6.03. The van der Waals surface area contributed by atoms with Gasteiger partial charge in [0.1, 0.15) is 5.75 Å². The van der Waals surface area contributed by atoms with E-state index in [1.807, 2.05) is 13.0 Å². The Morgan fingerprint density at radius 1 is 1.26 bits per heavy atom. The smallest absolute Gasteiger partial charge is 0.243 e. The number of amides is 2. The Balaban J connectivity index is 1.55. The zero-order valence-corrected chi connectivity index (χ0v) is 19.6. The molecule has 168 valence electrons. The first-order chi connectivity index (χ1) is 14.9. The van der Waals surface area contributed by atoms with Gasteiger partial charge in [0.05, 0.1) is 25.1 Å². The van der Waals surface area contributed by atoms with Crippen LogP contribution in [0, 0.1) is 13.8 Å². The van der Waals surface area contributed by atoms with Crippen molar-refractivity contribution in [1.29, 1.82) is 0 Å². The number of carbonyl (C=O) groups excluding carboxylic acids is 2. The number of ether oxygens (including phenoxy) is 1. The van der Waals surface area contributed by atoms with Gasteiger partial charge in [-0.1, -0.05) is 37.1 Å². The maximum absolute atomic E-state index is 12.7. The van der Waals surface area contributed by atoms with E-state index in [1.165, 1.54) is 54.5 Å². The van der Waals surface area contributed by atoms with Gasteiger partial charge in [0, 0.05) is 30.5 Å². The molecule has 1 aliphatic carbocycles. The van der Waals surface area contributed by atoms with Crippen molar-refractivity contribution in [2.45, 2.75) is 57.1 Å². The van der Waals surface area contributed by atoms with Crippen molar-refractivity contribution in [3.8, 4) is 5.75 Å². The summed E-state index contributed by atoms with van der Waals surface area (Å²) in [5, 5.41) is 3.71. The minimum absolute atomic E-state index is 0.00821. The first kappa shape index (κ1) is 23.2. The number of aryl methyl sites for hydroxylation is 1. The van der Waals surface area contributed by atoms with Gasteiger partial charge in [-0.2, -0.15) is 0 Å². The zero-order chi connectivity index (χ0) is 22.4. The topological polar surface area (TPSA) is 76.5 Å². The van der Waals surface area contributed by atoms with Gasteiger partial charge in [-0.25, -0.2) is 4.98 Å². The summed E-state index contributed by atoms with van der Waals surface area (Å²) in [5.74, 6) is 0.576. The Morgan fingerprint density at radius 3 is 2.71 bits per heavy atom. The van der Waals surface area contributed by atoms with Crippen LogP contribution >= 0.6 is 11.8 Å². The van der Waals surface area contributed by atoms with E-state index in [1.54, 1.807) is 32.4 Å². The zero-order valence-electron chi connectivity index (χ0n) is 18.8. The van der Waals surface area contributed by atoms with E-state index in [2.05, 4.69) is 16.8 Å². The van der Waals surface area contributed by atoms with Gasteiger partial charge in [0.15, 0.2) is 5.16 Å². The number of nitrogens with zero attached hydrogens (tertiary/aromatic N) is 3. The molecule has 0 bridgehead atoms. The molecule has 1 fully saturated rings. The van der Waals surface area contributed by atoms with E-state index in [9.17, 15) is 9.59 Å². The molecule has 0 unspecified atom stereocenters. The number of imidazole rings is 1. The molecule has 0 radical (unpaired) electrons. The van der Waals surface area contributed by atoms with Crippen LogP contribution < -0.4 is 10.1 Å². The minimum atomic E-state index is -0.246. The lowest BCUT2D eigenvalue weighted by Gasteiger charge is -2.26. The predicted molar refractivity (Wildman–Crippen MR) is 124 cm³/mol. The van der Waals surface area contributed by atoms with Gasteiger partial charge in [0.2, 0.25) is 11.8 Å². The Hall–Kier alpha value is -2.48. The van der Waals surface area contributed by atoms with E-state index in [-0.39, 0.29) is 24.1 Å². The van der Waals surface area contributed by atoms with Crippen LogP contribution in [-0.2, 0) is 9.59 Å². The lowest BCUT2D eigenvalue weighted by molar-refractivity contribution is -0.131. The fraction of sp³-hybridized carbons (Fsp3) is 0.522. The van der Waals surface area contributed by atoms with Crippen LogP contribution in [0.2, 0.25) is 0 Å². The maximum Gasteiger partial charge on any atom is 0.243 e. The average Bonchev–Trinajstić information content (AvgIpc) is 3.05. The van der Waals surface area contributed by atoms with E-state index in [0.717, 1.165) is 10.9 Å². The summed E-state index contributed by atoms with van der Waals surface area (Å²) in [6.07, 6.45) is 6.13. The highest BCUT2D eigenvalue weighted by Gasteiger charge is 2.23. The Bertz CT molecular complexity index is 922. The van der Waals surface area contributed by atoms with E-state index in [0.29, 0.717) is 17.5 Å². The van der Waals surface area contributed by atoms with Gasteiger partial charge >= 0.3 is 0 Å². The molecule has 1 aromatic carbocycles. The second kappa shape index (κ2) is 10.7. The summed E-state index contributed by atoms with van der Waals surface area (Å²) < 4.78 is 7.49. The summed E-state index contributed by atoms with van der Waals surface area (Å²) in [6.45, 7) is 4.12. The highest BCUT2D eigenvalue weighted by Crippen LogP contribution is 2.34. The van der Waals surface area contributed by atoms with Crippen molar-refractivity contribution in [2.75, 3.05) is 31.8 Å². The lowest BCUT2D eigenvalue weighted by atomic mass is 9.95. The number of benzene rings is 1. The molecule has 0 aliphatic heterocycles. The number of aromatic nitrogens is 2. The van der Waals surface area contributed by atoms with Crippen molar-refractivity contribution < 1.29 is 14.3 Å². The second-order valence-corrected chi connectivity index (χ2v) is 8.99. The highest BCUT2D eigenvalue weighted by atomic mass is 32.2. The van der Waals surface area contributed by atoms with Crippen LogP contribution in [0.5, 0.6) is 5.75 Å². The molecular formula is C23H32N4O3S. The Morgan fingerprint density at radius 2 is 2.00 bits per heavy atom. The average molecular weight is 445 g/mol. The number of hydrogen-bond donors (Lipinski definition) is 1. The molecule has 31 heavy (non-hydrogen) atoms. The van der Waals surface area contributed by atoms with Crippen molar-refractivity contribution in [3.05, 3.63) is 35.7 Å². The number of thioether (sulfide) groups is 1. The molecule has 8 heteroatoms. The lowest BCUT2D eigenvalue weighted by Crippen LogP contribution is -2.36. The summed E-state index contributed by atoms with van der Waals surface area (Å²) in [4.78, 5) is 31.2. The molecule has 1 aliphatic rings. The van der Waals surface area contributed by atoms with Crippen LogP contribution in [0.4, 0.5) is 5.69 Å². The van der Waals surface area contributed by atoms with Crippen molar-refractivity contribution in [2.24, 2.45) is 0 Å². The molecule has 0 atom stereocenters. The monoisotopic (exact) mass is 444 g/mol. The van der Waals surface area contributed by atoms with Gasteiger partial charge in [-0.3, -0.25) is 9.59 Å². The fourth-order valence-corrected chi connectivity index (χ4v) is 5.01. The summed E-state index contributed by atoms with van der Waals surface area (Å²) in [5.41, 5.74) is 2.85. The van der Waals surface area contributed by atoms with Crippen LogP contribution in [0.3, 0.4) is 0 Å². The number of methoxy groups -OCH3 is 1. The Kier molecular flexibility index (Phi) is 8.01. The molecule has 1 aromatic heterocycles. The molecule has 3 rings (SSSR count). The number of likely N-dealkylation sites (N-methyl/N-ethyl adjacent to an activating group) is 1. The molecule has 1 heterocycles. The van der Waals surface area contributed by atoms with Crippen molar-refractivity contribution in [1.82, 2.24) is 14.5 Å². The first-order valence-corrected chi connectivity index (χ1v) is 11.7. The molecular weight excluding hydrogens is 412 g/mol. The second-order valence-electron chi connectivity index (χ2n) is 8.05. The summed E-state index contributed by atoms with van der Waals surface area (Å²) in [6, 6.07) is 7.61. The van der Waals surface area contributed by atoms with Gasteiger partial charge in [-0.05, 0) is 38.8 Å². The maximum atomic E-state index is 12.7. The van der Waals surface area contributed by atoms with Crippen LogP contribution in [0.25, 0.3) is 0 Å². The molecule has 7 nitrogen and oxygen atoms in total. The normalized spacial score (nSPS) is 14.3. The summed E-state index contributed by atoms with van der Waals surface area (Å²) >= 11 is 1.46. The molecule has 1 saturated carbocycles. The van der Waals surface area contributed by atoms with Gasteiger partial charge in [0.25, 0.3) is 0 Å². The third-order valence-electron chi connectivity index (χ3n) is 5.78. The fourth-order valence-electron chi connectivity index (χ4n) is 3.91. The van der Waals surface area contributed by atoms with Gasteiger partial charge < -0.3 is 19.5 Å². The quantitative estimate of drug-likeness (QED) is 0.618. The first-order valence-electron chi connectivity index (χ1n) is 10.7. The van der Waals surface area contributed by atoms with Crippen molar-refractivity contribution >= 4 is 29.3 Å². The highest BCUT2D eigenvalue weighted by molar-refractivity contribution is 7.99. The number of hydrogen-bond acceptors (Lipinski definition) is 5. The predicted octanol–water partition coefficient (Wildman–Crippen LogP) is 4.20. The minimum Gasteiger partial charge on any atom is -0.497 e. The largest absolute Gasteiger partial charge is 0.497 e. The van der Waals surface area contributed by atoms with Gasteiger partial charge in [-0.15, -0.1) is 0 Å². The number of nitrogens with one attached hydrogen (secondary N) is 1. The van der Waals surface area contributed by atoms with E-state index in [4.69, 9.17) is 9.72 Å². The molecule has 2 amide bonds. The molecule has 2 aromatic rings.